The first-order valence-electron chi connectivity index (χ1n) is 15.8. The Morgan fingerprint density at radius 1 is 1.00 bits per heavy atom. The number of carboxylic acid groups (broad SMARTS) is 2. The lowest BCUT2D eigenvalue weighted by molar-refractivity contribution is -1.13. The minimum atomic E-state index is -5.19. The molecule has 5 atom stereocenters. The molecule has 1 saturated heterocycles. The second-order valence-corrected chi connectivity index (χ2v) is 12.6. The van der Waals surface area contributed by atoms with Gasteiger partial charge >= 0.3 is 18.3 Å². The van der Waals surface area contributed by atoms with Gasteiger partial charge in [-0.1, -0.05) is 6.92 Å². The van der Waals surface area contributed by atoms with E-state index >= 15 is 0 Å². The van der Waals surface area contributed by atoms with Crippen molar-refractivity contribution in [3.05, 3.63) is 52.7 Å². The number of nitrogens with zero attached hydrogens (tertiary/aromatic N) is 1. The summed E-state index contributed by atoms with van der Waals surface area (Å²) >= 11 is 0. The molecule has 276 valence electrons. The summed E-state index contributed by atoms with van der Waals surface area (Å²) in [5.41, 5.74) is 6.17. The van der Waals surface area contributed by atoms with Gasteiger partial charge in [-0.15, -0.1) is 0 Å². The van der Waals surface area contributed by atoms with E-state index in [2.05, 4.69) is 29.4 Å². The number of hydrogen-bond donors (Lipinski definition) is 5. The Labute approximate surface area is 283 Å². The summed E-state index contributed by atoms with van der Waals surface area (Å²) in [6, 6.07) is 10.1. The Bertz CT molecular complexity index is 1670. The molecule has 0 unspecified atom stereocenters. The molecule has 3 aromatic rings. The maximum absolute atomic E-state index is 11.9. The van der Waals surface area contributed by atoms with Crippen molar-refractivity contribution in [1.82, 2.24) is 10.3 Å². The number of nitrogens with one attached hydrogen (secondary N) is 2. The molecule has 0 spiro atoms. The molecule has 50 heavy (non-hydrogen) atoms. The van der Waals surface area contributed by atoms with Crippen LogP contribution < -0.4 is 19.9 Å². The molecule has 1 aromatic heterocycles. The van der Waals surface area contributed by atoms with E-state index in [9.17, 15) is 36.7 Å². The van der Waals surface area contributed by atoms with Gasteiger partial charge in [0.05, 0.1) is 14.2 Å². The first-order valence-corrected chi connectivity index (χ1v) is 15.8. The molecule has 0 radical (unpaired) electrons. The summed E-state index contributed by atoms with van der Waals surface area (Å²) in [5, 5.41) is 42.7. The van der Waals surface area contributed by atoms with E-state index in [0.29, 0.717) is 17.6 Å². The van der Waals surface area contributed by atoms with Gasteiger partial charge < -0.3 is 39.9 Å². The second kappa shape index (κ2) is 14.9. The minimum Gasteiger partial charge on any atom is -0.542 e. The Hall–Kier alpha value is -4.22. The average molecular weight is 720 g/mol. The van der Waals surface area contributed by atoms with Crippen LogP contribution in [0.5, 0.6) is 17.2 Å². The smallest absolute Gasteiger partial charge is 0.490 e. The Morgan fingerprint density at radius 2 is 1.62 bits per heavy atom. The predicted molar refractivity (Wildman–Crippen MR) is 163 cm³/mol. The van der Waals surface area contributed by atoms with E-state index in [4.69, 9.17) is 29.3 Å². The van der Waals surface area contributed by atoms with Gasteiger partial charge in [-0.05, 0) is 73.2 Å². The monoisotopic (exact) mass is 719 g/mol. The van der Waals surface area contributed by atoms with E-state index in [1.807, 2.05) is 12.1 Å². The van der Waals surface area contributed by atoms with Gasteiger partial charge in [0.15, 0.2) is 11.5 Å². The molecule has 3 aliphatic rings. The van der Waals surface area contributed by atoms with Crippen molar-refractivity contribution >= 4 is 22.8 Å². The first kappa shape index (κ1) is 38.6. The average Bonchev–Trinajstić information content (AvgIpc) is 3.42. The highest BCUT2D eigenvalue weighted by Gasteiger charge is 2.51. The number of hydrogen-bond acceptors (Lipinski definition) is 8. The van der Waals surface area contributed by atoms with E-state index in [-0.39, 0.29) is 16.7 Å². The van der Waals surface area contributed by atoms with Crippen LogP contribution in [0.15, 0.2) is 30.3 Å². The summed E-state index contributed by atoms with van der Waals surface area (Å²) in [5.74, 6) is -3.00. The number of halogens is 6. The number of carbonyl (C=O) groups excluding carboxylic acids is 1. The molecule has 4 heterocycles. The number of aromatic amines is 1. The van der Waals surface area contributed by atoms with Gasteiger partial charge in [0.25, 0.3) is 0 Å². The van der Waals surface area contributed by atoms with Crippen molar-refractivity contribution in [2.45, 2.75) is 63.5 Å². The number of H-pyrrole nitrogens is 1. The number of carbonyl (C=O) groups is 2. The third-order valence-electron chi connectivity index (χ3n) is 9.67. The fraction of sp³-hybridized carbons (Fsp3) is 0.515. The molecular formula is C33H39F6N3O8. The standard InChI is InChI=1S/C29H37N3O4.2C2HF3O2/c1-4-17-16-32(34)10-8-18-13-27(35-2)28(36-3)15-22(18)26(32)12-19(17)11-25-29-21(7-9-30-25)23-14-20(33)5-6-24(23)31-29;2*3-2(4,5)1(6)7/h5-6,13-15,17,19,25-26,30-31,34H,4,7-12,16H2,1-3H3;2*(H,6,7)/t17-,19-,25-,26-,32+;;/m0../s1. The lowest BCUT2D eigenvalue weighted by Crippen LogP contribution is -2.58. The fourth-order valence-electron chi connectivity index (χ4n) is 7.32. The zero-order chi connectivity index (χ0) is 37.2. The lowest BCUT2D eigenvalue weighted by atomic mass is 9.72. The van der Waals surface area contributed by atoms with Gasteiger partial charge in [-0.3, -0.25) is 0 Å². The van der Waals surface area contributed by atoms with Gasteiger partial charge in [0.2, 0.25) is 0 Å². The quantitative estimate of drug-likeness (QED) is 0.181. The summed E-state index contributed by atoms with van der Waals surface area (Å²) in [7, 11) is 3.36. The SMILES string of the molecule is CC[C@H]1C[N@+]2(O)CCc3cc(OC)c(OC)cc3[C@@H]2C[C@@H]1C[C@@H]1NCCc2c1[nH]c1ccc(O)cc21.O=C(O)C(F)(F)F.O=C([O-])C(F)(F)F. The molecule has 11 nitrogen and oxygen atoms in total. The fourth-order valence-corrected chi connectivity index (χ4v) is 7.32. The third-order valence-corrected chi connectivity index (χ3v) is 9.67. The van der Waals surface area contributed by atoms with Crippen molar-refractivity contribution in [2.24, 2.45) is 11.8 Å². The number of fused-ring (bicyclic) bond motifs is 6. The number of hydroxylamine groups is 3. The van der Waals surface area contributed by atoms with Crippen LogP contribution in [0.1, 0.15) is 60.7 Å². The summed E-state index contributed by atoms with van der Waals surface area (Å²) in [6.45, 7) is 4.74. The number of quaternary nitrogens is 1. The van der Waals surface area contributed by atoms with Gasteiger partial charge in [-0.25, -0.2) is 10.0 Å². The van der Waals surface area contributed by atoms with Crippen LogP contribution in [0, 0.1) is 11.8 Å². The summed E-state index contributed by atoms with van der Waals surface area (Å²) in [4.78, 5) is 21.3. The van der Waals surface area contributed by atoms with Crippen LogP contribution >= 0.6 is 0 Å². The van der Waals surface area contributed by atoms with E-state index in [0.717, 1.165) is 74.1 Å². The molecule has 1 fully saturated rings. The normalized spacial score (nSPS) is 24.3. The van der Waals surface area contributed by atoms with Crippen molar-refractivity contribution in [3.63, 3.8) is 0 Å². The number of phenols is 1. The van der Waals surface area contributed by atoms with Crippen molar-refractivity contribution in [2.75, 3.05) is 33.9 Å². The van der Waals surface area contributed by atoms with Crippen LogP contribution in [-0.2, 0) is 22.4 Å². The molecule has 0 amide bonds. The number of piperidine rings is 1. The molecule has 0 saturated carbocycles. The number of aromatic hydroxyl groups is 1. The van der Waals surface area contributed by atoms with Crippen LogP contribution in [-0.4, -0.2) is 83.2 Å². The number of aromatic nitrogens is 1. The van der Waals surface area contributed by atoms with E-state index in [1.54, 1.807) is 20.3 Å². The van der Waals surface area contributed by atoms with Crippen molar-refractivity contribution in [3.8, 4) is 17.2 Å². The minimum absolute atomic E-state index is 0.0454. The molecule has 3 aliphatic heterocycles. The maximum atomic E-state index is 11.9. The Morgan fingerprint density at radius 3 is 2.18 bits per heavy atom. The zero-order valence-corrected chi connectivity index (χ0v) is 27.5. The van der Waals surface area contributed by atoms with Crippen LogP contribution in [0.2, 0.25) is 0 Å². The van der Waals surface area contributed by atoms with Crippen molar-refractivity contribution in [1.29, 1.82) is 0 Å². The van der Waals surface area contributed by atoms with Crippen LogP contribution in [0.25, 0.3) is 10.9 Å². The highest BCUT2D eigenvalue weighted by molar-refractivity contribution is 5.86. The number of ether oxygens (including phenoxy) is 2. The van der Waals surface area contributed by atoms with E-state index < -0.39 is 24.3 Å². The number of methoxy groups -OCH3 is 2. The molecular weight excluding hydrogens is 680 g/mol. The largest absolute Gasteiger partial charge is 0.542 e. The Balaban J connectivity index is 0.000000340. The van der Waals surface area contributed by atoms with Gasteiger partial charge in [0, 0.05) is 47.0 Å². The summed E-state index contributed by atoms with van der Waals surface area (Å²) < 4.78 is 74.6. The molecule has 5 N–H and O–H groups in total. The third kappa shape index (κ3) is 8.38. The van der Waals surface area contributed by atoms with Crippen molar-refractivity contribution < 1.29 is 70.6 Å². The highest BCUT2D eigenvalue weighted by Crippen LogP contribution is 2.50. The highest BCUT2D eigenvalue weighted by atomic mass is 19.4. The molecule has 0 bridgehead atoms. The Kier molecular flexibility index (Phi) is 11.5. The number of phenolic OH excluding ortho intramolecular Hbond substituents is 1. The van der Waals surface area contributed by atoms with Crippen LogP contribution in [0.4, 0.5) is 26.3 Å². The van der Waals surface area contributed by atoms with Gasteiger partial charge in [-0.2, -0.15) is 31.0 Å². The molecule has 0 aliphatic carbocycles. The lowest BCUT2D eigenvalue weighted by Gasteiger charge is -2.50. The van der Waals surface area contributed by atoms with Crippen LogP contribution in [0.3, 0.4) is 0 Å². The number of alkyl halides is 6. The topological polar surface area (TPSA) is 164 Å². The maximum Gasteiger partial charge on any atom is 0.490 e. The number of rotatable bonds is 5. The second-order valence-electron chi connectivity index (χ2n) is 12.6. The van der Waals surface area contributed by atoms with Gasteiger partial charge in [0.1, 0.15) is 30.9 Å². The number of carboxylic acids is 2. The molecule has 17 heteroatoms. The zero-order valence-electron chi connectivity index (χ0n) is 27.5. The molecule has 6 rings (SSSR count). The number of benzene rings is 2. The molecule has 2 aromatic carbocycles. The predicted octanol–water partition coefficient (Wildman–Crippen LogP) is 4.95. The number of aliphatic carboxylic acids is 2. The summed E-state index contributed by atoms with van der Waals surface area (Å²) in [6.07, 6.45) is -5.42. The first-order chi connectivity index (χ1) is 23.3. The van der Waals surface area contributed by atoms with E-state index in [1.165, 1.54) is 22.4 Å².